The number of hydrogen-bond acceptors (Lipinski definition) is 2. The van der Waals surface area contributed by atoms with Crippen molar-refractivity contribution < 1.29 is 9.53 Å². The summed E-state index contributed by atoms with van der Waals surface area (Å²) in [4.78, 5) is 11.8. The van der Waals surface area contributed by atoms with Crippen molar-refractivity contribution in [2.24, 2.45) is 0 Å². The van der Waals surface area contributed by atoms with Crippen LogP contribution in [-0.2, 0) is 4.79 Å². The van der Waals surface area contributed by atoms with Gasteiger partial charge < -0.3 is 4.74 Å². The molecule has 0 aromatic heterocycles. The number of ether oxygens (including phenoxy) is 1. The van der Waals surface area contributed by atoms with E-state index in [4.69, 9.17) is 4.74 Å². The van der Waals surface area contributed by atoms with E-state index in [0.717, 1.165) is 24.8 Å². The molecule has 1 aliphatic rings. The minimum atomic E-state index is -0.113. The van der Waals surface area contributed by atoms with Crippen LogP contribution in [0.1, 0.15) is 56.9 Å². The number of benzene rings is 1. The third-order valence-electron chi connectivity index (χ3n) is 3.44. The summed E-state index contributed by atoms with van der Waals surface area (Å²) in [6.45, 7) is 0. The number of rotatable bonds is 0. The molecule has 0 fully saturated rings. The first-order chi connectivity index (χ1) is 9.36. The van der Waals surface area contributed by atoms with Crippen molar-refractivity contribution in [3.8, 4) is 5.75 Å². The van der Waals surface area contributed by atoms with E-state index in [0.29, 0.717) is 12.2 Å². The molecule has 0 aliphatic carbocycles. The lowest BCUT2D eigenvalue weighted by Crippen LogP contribution is -2.08. The standard InChI is InChI=1S/C17H22O2/c18-17-14-8-6-4-2-1-3-5-7-11-15-12-9-10-13-16(15)19-17/h7,9-13H,1-6,8,14H2/b11-7+. The smallest absolute Gasteiger partial charge is 0.311 e. The van der Waals surface area contributed by atoms with Crippen LogP contribution in [-0.4, -0.2) is 5.97 Å². The number of carbonyl (C=O) groups excluding carboxylic acids is 1. The van der Waals surface area contributed by atoms with E-state index in [2.05, 4.69) is 12.2 Å². The molecule has 0 radical (unpaired) electrons. The molecule has 19 heavy (non-hydrogen) atoms. The van der Waals surface area contributed by atoms with Gasteiger partial charge in [0.1, 0.15) is 5.75 Å². The lowest BCUT2D eigenvalue weighted by atomic mass is 10.1. The largest absolute Gasteiger partial charge is 0.426 e. The highest BCUT2D eigenvalue weighted by Crippen LogP contribution is 2.21. The maximum absolute atomic E-state index is 11.8. The molecule has 0 atom stereocenters. The molecule has 1 aromatic rings. The summed E-state index contributed by atoms with van der Waals surface area (Å²) in [6, 6.07) is 7.73. The Balaban J connectivity index is 2.08. The van der Waals surface area contributed by atoms with Gasteiger partial charge in [0.15, 0.2) is 0 Å². The molecule has 2 rings (SSSR count). The zero-order valence-electron chi connectivity index (χ0n) is 11.4. The first kappa shape index (κ1) is 13.9. The molecule has 0 unspecified atom stereocenters. The number of hydrogen-bond donors (Lipinski definition) is 0. The van der Waals surface area contributed by atoms with Crippen LogP contribution in [0.25, 0.3) is 6.08 Å². The van der Waals surface area contributed by atoms with Crippen molar-refractivity contribution in [3.05, 3.63) is 35.9 Å². The SMILES string of the molecule is O=C1CCCCCCCC/C=C/c2ccccc2O1. The van der Waals surface area contributed by atoms with Crippen molar-refractivity contribution >= 4 is 12.0 Å². The lowest BCUT2D eigenvalue weighted by molar-refractivity contribution is -0.134. The second-order valence-electron chi connectivity index (χ2n) is 5.07. The second-order valence-corrected chi connectivity index (χ2v) is 5.07. The highest BCUT2D eigenvalue weighted by atomic mass is 16.5. The molecule has 0 amide bonds. The molecule has 0 saturated carbocycles. The van der Waals surface area contributed by atoms with Crippen LogP contribution in [0, 0.1) is 0 Å². The Morgan fingerprint density at radius 3 is 2.53 bits per heavy atom. The first-order valence-electron chi connectivity index (χ1n) is 7.32. The predicted octanol–water partition coefficient (Wildman–Crippen LogP) is 4.74. The molecule has 1 aliphatic heterocycles. The Morgan fingerprint density at radius 2 is 1.63 bits per heavy atom. The fraction of sp³-hybridized carbons (Fsp3) is 0.471. The summed E-state index contributed by atoms with van der Waals surface area (Å²) in [5.41, 5.74) is 0.993. The summed E-state index contributed by atoms with van der Waals surface area (Å²) in [7, 11) is 0. The monoisotopic (exact) mass is 258 g/mol. The van der Waals surface area contributed by atoms with Crippen LogP contribution in [0.5, 0.6) is 5.75 Å². The van der Waals surface area contributed by atoms with Crippen molar-refractivity contribution in [3.63, 3.8) is 0 Å². The van der Waals surface area contributed by atoms with Gasteiger partial charge in [0, 0.05) is 12.0 Å². The third kappa shape index (κ3) is 4.90. The molecule has 1 heterocycles. The summed E-state index contributed by atoms with van der Waals surface area (Å²) in [6.07, 6.45) is 13.0. The van der Waals surface area contributed by atoms with Gasteiger partial charge in [0.2, 0.25) is 0 Å². The normalized spacial score (nSPS) is 19.9. The van der Waals surface area contributed by atoms with Crippen LogP contribution in [0.3, 0.4) is 0 Å². The van der Waals surface area contributed by atoms with Gasteiger partial charge in [0.05, 0.1) is 0 Å². The fourth-order valence-corrected chi connectivity index (χ4v) is 2.33. The van der Waals surface area contributed by atoms with Crippen LogP contribution < -0.4 is 4.74 Å². The maximum Gasteiger partial charge on any atom is 0.311 e. The van der Waals surface area contributed by atoms with Gasteiger partial charge in [-0.05, 0) is 25.3 Å². The zero-order chi connectivity index (χ0) is 13.3. The van der Waals surface area contributed by atoms with Crippen LogP contribution in [0.4, 0.5) is 0 Å². The summed E-state index contributed by atoms with van der Waals surface area (Å²) in [5.74, 6) is 0.568. The van der Waals surface area contributed by atoms with Gasteiger partial charge in [-0.15, -0.1) is 0 Å². The average molecular weight is 258 g/mol. The maximum atomic E-state index is 11.8. The molecule has 0 saturated heterocycles. The van der Waals surface area contributed by atoms with Crippen LogP contribution in [0.2, 0.25) is 0 Å². The molecule has 2 heteroatoms. The molecule has 1 aromatic carbocycles. The van der Waals surface area contributed by atoms with E-state index in [-0.39, 0.29) is 5.97 Å². The molecule has 102 valence electrons. The number of esters is 1. The minimum absolute atomic E-state index is 0.113. The first-order valence-corrected chi connectivity index (χ1v) is 7.32. The molecule has 0 spiro atoms. The van der Waals surface area contributed by atoms with Crippen molar-refractivity contribution in [1.29, 1.82) is 0 Å². The van der Waals surface area contributed by atoms with Crippen molar-refractivity contribution in [2.75, 3.05) is 0 Å². The van der Waals surface area contributed by atoms with Crippen molar-refractivity contribution in [2.45, 2.75) is 51.4 Å². The Kier molecular flexibility index (Phi) is 5.67. The number of carbonyl (C=O) groups is 1. The van der Waals surface area contributed by atoms with Gasteiger partial charge in [-0.3, -0.25) is 4.79 Å². The van der Waals surface area contributed by atoms with Crippen LogP contribution >= 0.6 is 0 Å². The number of allylic oxidation sites excluding steroid dienone is 1. The summed E-state index contributed by atoms with van der Waals surface area (Å²) >= 11 is 0. The van der Waals surface area contributed by atoms with Gasteiger partial charge in [-0.2, -0.15) is 0 Å². The highest BCUT2D eigenvalue weighted by molar-refractivity contribution is 5.74. The summed E-state index contributed by atoms with van der Waals surface area (Å²) in [5, 5.41) is 0. The highest BCUT2D eigenvalue weighted by Gasteiger charge is 2.07. The van der Waals surface area contributed by atoms with Crippen LogP contribution in [0.15, 0.2) is 30.3 Å². The van der Waals surface area contributed by atoms with Gasteiger partial charge in [-0.25, -0.2) is 0 Å². The van der Waals surface area contributed by atoms with E-state index < -0.39 is 0 Å². The molecular formula is C17H22O2. The van der Waals surface area contributed by atoms with E-state index in [9.17, 15) is 4.79 Å². The Labute approximate surface area is 115 Å². The Morgan fingerprint density at radius 1 is 0.895 bits per heavy atom. The van der Waals surface area contributed by atoms with E-state index in [1.54, 1.807) is 0 Å². The van der Waals surface area contributed by atoms with Gasteiger partial charge in [-0.1, -0.05) is 56.0 Å². The Bertz CT molecular complexity index is 435. The fourth-order valence-electron chi connectivity index (χ4n) is 2.33. The third-order valence-corrected chi connectivity index (χ3v) is 3.44. The number of fused-ring (bicyclic) bond motifs is 1. The predicted molar refractivity (Wildman–Crippen MR) is 78.0 cm³/mol. The minimum Gasteiger partial charge on any atom is -0.426 e. The van der Waals surface area contributed by atoms with E-state index in [1.807, 2.05) is 24.3 Å². The molecule has 0 N–H and O–H groups in total. The quantitative estimate of drug-likeness (QED) is 0.496. The lowest BCUT2D eigenvalue weighted by Gasteiger charge is -2.08. The van der Waals surface area contributed by atoms with Gasteiger partial charge >= 0.3 is 5.97 Å². The molecular weight excluding hydrogens is 236 g/mol. The topological polar surface area (TPSA) is 26.3 Å². The summed E-state index contributed by atoms with van der Waals surface area (Å²) < 4.78 is 5.45. The molecule has 0 bridgehead atoms. The number of para-hydroxylation sites is 1. The van der Waals surface area contributed by atoms with Gasteiger partial charge in [0.25, 0.3) is 0 Å². The zero-order valence-corrected chi connectivity index (χ0v) is 11.4. The van der Waals surface area contributed by atoms with E-state index in [1.165, 1.54) is 25.7 Å². The Hall–Kier alpha value is -1.57. The average Bonchev–Trinajstić information content (AvgIpc) is 2.42. The van der Waals surface area contributed by atoms with E-state index >= 15 is 0 Å². The molecule has 2 nitrogen and oxygen atoms in total. The second kappa shape index (κ2) is 7.78. The van der Waals surface area contributed by atoms with Crippen molar-refractivity contribution in [1.82, 2.24) is 0 Å².